The van der Waals surface area contributed by atoms with Crippen LogP contribution < -0.4 is 0 Å². The Balaban J connectivity index is 2.06. The molecule has 0 saturated carbocycles. The molecule has 1 atom stereocenters. The van der Waals surface area contributed by atoms with E-state index in [9.17, 15) is 10.2 Å². The minimum Gasteiger partial charge on any atom is -0.508 e. The van der Waals surface area contributed by atoms with Crippen LogP contribution in [0.15, 0.2) is 72.8 Å². The van der Waals surface area contributed by atoms with Crippen LogP contribution in [0, 0.1) is 0 Å². The first-order valence-electron chi connectivity index (χ1n) is 8.32. The van der Waals surface area contributed by atoms with Crippen molar-refractivity contribution >= 4 is 30.8 Å². The zero-order chi connectivity index (χ0) is 17.4. The Hall–Kier alpha value is -2.57. The fourth-order valence-electron chi connectivity index (χ4n) is 3.68. The van der Waals surface area contributed by atoms with E-state index in [2.05, 4.69) is 9.24 Å². The van der Waals surface area contributed by atoms with Crippen LogP contribution in [-0.4, -0.2) is 16.4 Å². The molecular weight excluding hydrogens is 327 g/mol. The second kappa shape index (κ2) is 6.38. The van der Waals surface area contributed by atoms with Gasteiger partial charge in [0, 0.05) is 17.0 Å². The van der Waals surface area contributed by atoms with Crippen LogP contribution in [0.5, 0.6) is 11.5 Å². The van der Waals surface area contributed by atoms with Crippen LogP contribution in [0.25, 0.3) is 21.5 Å². The standard InChI is InChI=1S/C22H19O2P/c23-19-11-9-14-5-1-3-7-16(14)21(19)18(13-25)22-17-8-4-2-6-15(17)10-12-20(22)24/h1-12,18,23-24H,13,25H2. The Morgan fingerprint density at radius 3 is 1.52 bits per heavy atom. The third-order valence-corrected chi connectivity index (χ3v) is 5.30. The van der Waals surface area contributed by atoms with Crippen molar-refractivity contribution < 1.29 is 10.2 Å². The van der Waals surface area contributed by atoms with E-state index < -0.39 is 0 Å². The number of aromatic hydroxyl groups is 2. The molecule has 124 valence electrons. The molecule has 4 aromatic carbocycles. The first kappa shape index (κ1) is 15.9. The second-order valence-electron chi connectivity index (χ2n) is 6.23. The Kier molecular flexibility index (Phi) is 4.07. The molecule has 2 nitrogen and oxygen atoms in total. The monoisotopic (exact) mass is 346 g/mol. The van der Waals surface area contributed by atoms with Gasteiger partial charge in [0.1, 0.15) is 11.5 Å². The van der Waals surface area contributed by atoms with E-state index in [0.29, 0.717) is 6.16 Å². The zero-order valence-electron chi connectivity index (χ0n) is 13.7. The quantitative estimate of drug-likeness (QED) is 0.487. The van der Waals surface area contributed by atoms with E-state index in [1.165, 1.54) is 0 Å². The van der Waals surface area contributed by atoms with Gasteiger partial charge >= 0.3 is 0 Å². The topological polar surface area (TPSA) is 40.5 Å². The van der Waals surface area contributed by atoms with Crippen LogP contribution in [0.3, 0.4) is 0 Å². The van der Waals surface area contributed by atoms with Gasteiger partial charge in [-0.3, -0.25) is 0 Å². The molecule has 4 rings (SSSR count). The van der Waals surface area contributed by atoms with Gasteiger partial charge in [0.05, 0.1) is 0 Å². The summed E-state index contributed by atoms with van der Waals surface area (Å²) >= 11 is 0. The highest BCUT2D eigenvalue weighted by atomic mass is 31.0. The highest BCUT2D eigenvalue weighted by Crippen LogP contribution is 2.43. The highest BCUT2D eigenvalue weighted by Gasteiger charge is 2.23. The number of rotatable bonds is 3. The van der Waals surface area contributed by atoms with Crippen molar-refractivity contribution in [1.82, 2.24) is 0 Å². The maximum absolute atomic E-state index is 10.6. The summed E-state index contributed by atoms with van der Waals surface area (Å²) in [6.45, 7) is 0. The maximum atomic E-state index is 10.6. The van der Waals surface area contributed by atoms with E-state index in [-0.39, 0.29) is 17.4 Å². The average molecular weight is 346 g/mol. The van der Waals surface area contributed by atoms with Gasteiger partial charge < -0.3 is 10.2 Å². The van der Waals surface area contributed by atoms with Crippen molar-refractivity contribution in [2.75, 3.05) is 6.16 Å². The van der Waals surface area contributed by atoms with E-state index in [1.807, 2.05) is 60.7 Å². The molecule has 0 aliphatic heterocycles. The van der Waals surface area contributed by atoms with Crippen LogP contribution in [0.1, 0.15) is 17.0 Å². The largest absolute Gasteiger partial charge is 0.508 e. The Morgan fingerprint density at radius 1 is 0.640 bits per heavy atom. The minimum atomic E-state index is -0.123. The van der Waals surface area contributed by atoms with E-state index in [0.717, 1.165) is 32.7 Å². The number of phenolic OH excluding ortho intramolecular Hbond substituents is 2. The molecule has 0 saturated heterocycles. The maximum Gasteiger partial charge on any atom is 0.120 e. The van der Waals surface area contributed by atoms with Crippen molar-refractivity contribution in [3.8, 4) is 11.5 Å². The lowest BCUT2D eigenvalue weighted by Crippen LogP contribution is -2.05. The van der Waals surface area contributed by atoms with E-state index in [4.69, 9.17) is 0 Å². The molecular formula is C22H19O2P. The summed E-state index contributed by atoms with van der Waals surface area (Å²) in [5.74, 6) is 0.402. The second-order valence-corrected chi connectivity index (χ2v) is 6.70. The first-order valence-corrected chi connectivity index (χ1v) is 9.13. The van der Waals surface area contributed by atoms with Crippen LogP contribution in [-0.2, 0) is 0 Å². The van der Waals surface area contributed by atoms with Crippen molar-refractivity contribution in [1.29, 1.82) is 0 Å². The predicted molar refractivity (Wildman–Crippen MR) is 108 cm³/mol. The van der Waals surface area contributed by atoms with Gasteiger partial charge in [0.15, 0.2) is 0 Å². The van der Waals surface area contributed by atoms with Gasteiger partial charge in [-0.25, -0.2) is 0 Å². The first-order chi connectivity index (χ1) is 12.2. The number of phenols is 2. The summed E-state index contributed by atoms with van der Waals surface area (Å²) in [6, 6.07) is 23.4. The number of benzene rings is 4. The Morgan fingerprint density at radius 2 is 1.08 bits per heavy atom. The van der Waals surface area contributed by atoms with E-state index >= 15 is 0 Å². The molecule has 3 heteroatoms. The normalized spacial score (nSPS) is 11.4. The molecule has 0 radical (unpaired) electrons. The zero-order valence-corrected chi connectivity index (χ0v) is 14.8. The number of fused-ring (bicyclic) bond motifs is 2. The molecule has 0 fully saturated rings. The summed E-state index contributed by atoms with van der Waals surface area (Å²) in [5.41, 5.74) is 1.72. The highest BCUT2D eigenvalue weighted by molar-refractivity contribution is 7.16. The fraction of sp³-hybridized carbons (Fsp3) is 0.0909. The van der Waals surface area contributed by atoms with Crippen molar-refractivity contribution in [2.45, 2.75) is 5.92 Å². The molecule has 25 heavy (non-hydrogen) atoms. The molecule has 2 N–H and O–H groups in total. The molecule has 0 amide bonds. The molecule has 0 aliphatic rings. The van der Waals surface area contributed by atoms with Gasteiger partial charge in [0.2, 0.25) is 0 Å². The Bertz CT molecular complexity index is 987. The third kappa shape index (κ3) is 2.63. The third-order valence-electron chi connectivity index (χ3n) is 4.83. The number of hydrogen-bond acceptors (Lipinski definition) is 2. The van der Waals surface area contributed by atoms with Crippen molar-refractivity contribution in [2.24, 2.45) is 0 Å². The smallest absolute Gasteiger partial charge is 0.120 e. The SMILES string of the molecule is Oc1ccc2ccccc2c1C(CP)c1c(O)ccc2ccccc12. The molecule has 0 spiro atoms. The van der Waals surface area contributed by atoms with Gasteiger partial charge in [-0.2, -0.15) is 0 Å². The van der Waals surface area contributed by atoms with Gasteiger partial charge in [0.25, 0.3) is 0 Å². The summed E-state index contributed by atoms with van der Waals surface area (Å²) in [4.78, 5) is 0. The number of hydrogen-bond donors (Lipinski definition) is 2. The lowest BCUT2D eigenvalue weighted by molar-refractivity contribution is 0.459. The lowest BCUT2D eigenvalue weighted by Gasteiger charge is -2.22. The van der Waals surface area contributed by atoms with Crippen LogP contribution in [0.2, 0.25) is 0 Å². The average Bonchev–Trinajstić information content (AvgIpc) is 2.65. The summed E-state index contributed by atoms with van der Waals surface area (Å²) in [7, 11) is 2.76. The van der Waals surface area contributed by atoms with Gasteiger partial charge in [-0.15, -0.1) is 9.24 Å². The van der Waals surface area contributed by atoms with Crippen molar-refractivity contribution in [3.63, 3.8) is 0 Å². The van der Waals surface area contributed by atoms with Gasteiger partial charge in [-0.1, -0.05) is 60.7 Å². The molecule has 1 unspecified atom stereocenters. The molecule has 4 aromatic rings. The molecule has 0 aromatic heterocycles. The summed E-state index contributed by atoms with van der Waals surface area (Å²) in [5, 5.41) is 25.5. The fourth-order valence-corrected chi connectivity index (χ4v) is 4.15. The Labute approximate surface area is 149 Å². The molecule has 0 bridgehead atoms. The lowest BCUT2D eigenvalue weighted by atomic mass is 9.85. The van der Waals surface area contributed by atoms with Crippen molar-refractivity contribution in [3.05, 3.63) is 83.9 Å². The predicted octanol–water partition coefficient (Wildman–Crippen LogP) is 5.41. The summed E-state index contributed by atoms with van der Waals surface area (Å²) in [6.07, 6.45) is 0.698. The molecule has 0 aliphatic carbocycles. The van der Waals surface area contributed by atoms with Crippen LogP contribution in [0.4, 0.5) is 0 Å². The van der Waals surface area contributed by atoms with Gasteiger partial charge in [-0.05, 0) is 39.8 Å². The molecule has 0 heterocycles. The van der Waals surface area contributed by atoms with Crippen LogP contribution >= 0.6 is 9.24 Å². The minimum absolute atomic E-state index is 0.123. The van der Waals surface area contributed by atoms with E-state index in [1.54, 1.807) is 12.1 Å². The summed E-state index contributed by atoms with van der Waals surface area (Å²) < 4.78 is 0.